The van der Waals surface area contributed by atoms with Gasteiger partial charge >= 0.3 is 5.97 Å². The summed E-state index contributed by atoms with van der Waals surface area (Å²) in [5, 5.41) is 2.70. The zero-order valence-corrected chi connectivity index (χ0v) is 20.8. The predicted octanol–water partition coefficient (Wildman–Crippen LogP) is 4.92. The maximum Gasteiger partial charge on any atom is 0.329 e. The summed E-state index contributed by atoms with van der Waals surface area (Å²) in [6.07, 6.45) is 27.9. The first-order valence-electron chi connectivity index (χ1n) is 12.8. The van der Waals surface area contributed by atoms with Crippen molar-refractivity contribution in [2.24, 2.45) is 5.73 Å². The first-order chi connectivity index (χ1) is 16.7. The van der Waals surface area contributed by atoms with Crippen LogP contribution in [0.15, 0.2) is 49.0 Å². The topological polar surface area (TPSA) is 110 Å². The van der Waals surface area contributed by atoms with Crippen LogP contribution in [0, 0.1) is 0 Å². The first kappa shape index (κ1) is 29.4. The van der Waals surface area contributed by atoms with E-state index < -0.39 is 12.0 Å². The van der Waals surface area contributed by atoms with E-state index in [1.165, 1.54) is 32.0 Å². The molecule has 1 amide bonds. The van der Waals surface area contributed by atoms with Gasteiger partial charge in [-0.15, -0.1) is 0 Å². The highest BCUT2D eigenvalue weighted by Gasteiger charge is 2.23. The molecule has 1 aromatic heterocycles. The summed E-state index contributed by atoms with van der Waals surface area (Å²) in [7, 11) is 0. The number of nitrogens with zero attached hydrogens (tertiary/aromatic N) is 1. The van der Waals surface area contributed by atoms with Crippen LogP contribution in [0.2, 0.25) is 0 Å². The minimum absolute atomic E-state index is 0.173. The molecule has 0 aliphatic rings. The number of unbranched alkanes of at least 4 members (excludes halogenated alkanes) is 6. The maximum absolute atomic E-state index is 12.4. The Balaban J connectivity index is 2.12. The number of esters is 1. The third-order valence-corrected chi connectivity index (χ3v) is 5.25. The number of aromatic nitrogens is 2. The van der Waals surface area contributed by atoms with Crippen molar-refractivity contribution in [3.8, 4) is 0 Å². The van der Waals surface area contributed by atoms with E-state index in [1.54, 1.807) is 6.20 Å². The molecule has 0 aliphatic heterocycles. The molecule has 0 saturated carbocycles. The molecular weight excluding hydrogens is 428 g/mol. The van der Waals surface area contributed by atoms with Crippen LogP contribution in [0.4, 0.5) is 0 Å². The van der Waals surface area contributed by atoms with E-state index >= 15 is 0 Å². The standard InChI is InChI=1S/C27H44N4O3/c1-2-3-4-5-6-7-8-9-10-11-12-13-14-15-16-17-20-34-27(33)25(31-26(32)18-19-28)21-24-22-29-23-30-24/h6-7,9-10,12-13,22-23,25H,2-5,8,11,14-21,28H2,1H3,(H,29,30)(H,31,32)/b7-6-,10-9-,13-12-. The fourth-order valence-electron chi connectivity index (χ4n) is 3.31. The lowest BCUT2D eigenvalue weighted by molar-refractivity contribution is -0.148. The number of hydrogen-bond donors (Lipinski definition) is 3. The Morgan fingerprint density at radius 2 is 1.71 bits per heavy atom. The van der Waals surface area contributed by atoms with Gasteiger partial charge in [0, 0.05) is 31.3 Å². The fraction of sp³-hybridized carbons (Fsp3) is 0.593. The van der Waals surface area contributed by atoms with Crippen LogP contribution < -0.4 is 11.1 Å². The van der Waals surface area contributed by atoms with Crippen LogP contribution in [-0.2, 0) is 20.7 Å². The Morgan fingerprint density at radius 3 is 2.32 bits per heavy atom. The van der Waals surface area contributed by atoms with E-state index in [1.807, 2.05) is 0 Å². The van der Waals surface area contributed by atoms with Crippen LogP contribution in [0.5, 0.6) is 0 Å². The Hall–Kier alpha value is -2.67. The van der Waals surface area contributed by atoms with Gasteiger partial charge in [0.1, 0.15) is 6.04 Å². The predicted molar refractivity (Wildman–Crippen MR) is 138 cm³/mol. The molecule has 1 rings (SSSR count). The molecule has 1 unspecified atom stereocenters. The molecule has 0 spiro atoms. The molecule has 0 radical (unpaired) electrons. The number of amides is 1. The van der Waals surface area contributed by atoms with Crippen LogP contribution in [0.3, 0.4) is 0 Å². The summed E-state index contributed by atoms with van der Waals surface area (Å²) in [5.74, 6) is -0.688. The van der Waals surface area contributed by atoms with Crippen molar-refractivity contribution in [3.63, 3.8) is 0 Å². The van der Waals surface area contributed by atoms with E-state index in [-0.39, 0.29) is 18.9 Å². The van der Waals surface area contributed by atoms with Crippen molar-refractivity contribution >= 4 is 11.9 Å². The maximum atomic E-state index is 12.4. The van der Waals surface area contributed by atoms with Crippen molar-refractivity contribution < 1.29 is 14.3 Å². The molecule has 1 heterocycles. The minimum atomic E-state index is -0.743. The second-order valence-corrected chi connectivity index (χ2v) is 8.34. The number of nitrogens with one attached hydrogen (secondary N) is 2. The summed E-state index contributed by atoms with van der Waals surface area (Å²) >= 11 is 0. The minimum Gasteiger partial charge on any atom is -0.464 e. The number of nitrogens with two attached hydrogens (primary N) is 1. The molecule has 0 fully saturated rings. The van der Waals surface area contributed by atoms with E-state index in [4.69, 9.17) is 10.5 Å². The summed E-state index contributed by atoms with van der Waals surface area (Å²) in [6.45, 7) is 2.82. The average Bonchev–Trinajstić information content (AvgIpc) is 3.34. The van der Waals surface area contributed by atoms with Gasteiger partial charge in [0.05, 0.1) is 12.9 Å². The van der Waals surface area contributed by atoms with Crippen LogP contribution in [0.1, 0.15) is 83.2 Å². The zero-order valence-electron chi connectivity index (χ0n) is 20.8. The van der Waals surface area contributed by atoms with Crippen molar-refractivity contribution in [1.29, 1.82) is 0 Å². The van der Waals surface area contributed by atoms with Gasteiger partial charge in [-0.05, 0) is 51.4 Å². The third kappa shape index (κ3) is 16.0. The van der Waals surface area contributed by atoms with E-state index in [0.29, 0.717) is 13.0 Å². The van der Waals surface area contributed by atoms with E-state index in [9.17, 15) is 9.59 Å². The molecule has 0 saturated heterocycles. The molecular formula is C27H44N4O3. The monoisotopic (exact) mass is 472 g/mol. The molecule has 1 atom stereocenters. The van der Waals surface area contributed by atoms with Crippen LogP contribution in [0.25, 0.3) is 0 Å². The number of allylic oxidation sites excluding steroid dienone is 6. The largest absolute Gasteiger partial charge is 0.464 e. The van der Waals surface area contributed by atoms with Gasteiger partial charge in [0.2, 0.25) is 5.91 Å². The highest BCUT2D eigenvalue weighted by Crippen LogP contribution is 2.05. The van der Waals surface area contributed by atoms with Gasteiger partial charge in [-0.3, -0.25) is 4.79 Å². The third-order valence-electron chi connectivity index (χ3n) is 5.25. The average molecular weight is 473 g/mol. The molecule has 0 bridgehead atoms. The SMILES string of the molecule is CCCCC/C=C\C/C=C\C/C=C\CCCCCOC(=O)C(Cc1cnc[nH]1)NC(=O)CCN. The zero-order chi connectivity index (χ0) is 24.7. The number of rotatable bonds is 20. The number of ether oxygens (including phenoxy) is 1. The van der Waals surface area contributed by atoms with Crippen molar-refractivity contribution in [3.05, 3.63) is 54.7 Å². The smallest absolute Gasteiger partial charge is 0.329 e. The first-order valence-corrected chi connectivity index (χ1v) is 12.8. The van der Waals surface area contributed by atoms with Crippen molar-refractivity contribution in [1.82, 2.24) is 15.3 Å². The lowest BCUT2D eigenvalue weighted by atomic mass is 10.1. The highest BCUT2D eigenvalue weighted by atomic mass is 16.5. The number of imidazole rings is 1. The fourth-order valence-corrected chi connectivity index (χ4v) is 3.31. The summed E-state index contributed by atoms with van der Waals surface area (Å²) < 4.78 is 5.40. The molecule has 0 aromatic carbocycles. The van der Waals surface area contributed by atoms with Gasteiger partial charge in [0.15, 0.2) is 0 Å². The normalized spacial score (nSPS) is 12.6. The van der Waals surface area contributed by atoms with Crippen LogP contribution in [-0.4, -0.2) is 41.0 Å². The summed E-state index contributed by atoms with van der Waals surface area (Å²) in [5.41, 5.74) is 6.18. The lowest BCUT2D eigenvalue weighted by Gasteiger charge is -2.17. The molecule has 4 N–H and O–H groups in total. The quantitative estimate of drug-likeness (QED) is 0.142. The van der Waals surface area contributed by atoms with Crippen molar-refractivity contribution in [2.75, 3.05) is 13.2 Å². The summed E-state index contributed by atoms with van der Waals surface area (Å²) in [4.78, 5) is 31.2. The van der Waals surface area contributed by atoms with Crippen molar-refractivity contribution in [2.45, 2.75) is 90.0 Å². The Bertz CT molecular complexity index is 726. The molecule has 7 nitrogen and oxygen atoms in total. The number of aromatic amines is 1. The molecule has 190 valence electrons. The highest BCUT2D eigenvalue weighted by molar-refractivity contribution is 5.84. The lowest BCUT2D eigenvalue weighted by Crippen LogP contribution is -2.44. The Morgan fingerprint density at radius 1 is 1.03 bits per heavy atom. The Labute approximate surface area is 205 Å². The Kier molecular flexibility index (Phi) is 18.1. The van der Waals surface area contributed by atoms with Crippen LogP contribution >= 0.6 is 0 Å². The number of hydrogen-bond acceptors (Lipinski definition) is 5. The molecule has 1 aromatic rings. The van der Waals surface area contributed by atoms with Gasteiger partial charge < -0.3 is 20.8 Å². The van der Waals surface area contributed by atoms with Gasteiger partial charge in [-0.25, -0.2) is 9.78 Å². The molecule has 34 heavy (non-hydrogen) atoms. The number of carbonyl (C=O) groups is 2. The van der Waals surface area contributed by atoms with E-state index in [0.717, 1.165) is 44.2 Å². The molecule has 0 aliphatic carbocycles. The molecule has 7 heteroatoms. The second-order valence-electron chi connectivity index (χ2n) is 8.34. The number of carbonyl (C=O) groups excluding carboxylic acids is 2. The number of H-pyrrole nitrogens is 1. The van der Waals surface area contributed by atoms with E-state index in [2.05, 4.69) is 58.7 Å². The van der Waals surface area contributed by atoms with Gasteiger partial charge in [-0.2, -0.15) is 0 Å². The summed E-state index contributed by atoms with van der Waals surface area (Å²) in [6, 6.07) is -0.743. The van der Waals surface area contributed by atoms with Gasteiger partial charge in [0.25, 0.3) is 0 Å². The van der Waals surface area contributed by atoms with Gasteiger partial charge in [-0.1, -0.05) is 56.2 Å². The second kappa shape index (κ2) is 20.9.